The van der Waals surface area contributed by atoms with Crippen LogP contribution in [-0.2, 0) is 21.1 Å². The van der Waals surface area contributed by atoms with Crippen molar-refractivity contribution in [3.05, 3.63) is 58.1 Å². The van der Waals surface area contributed by atoms with Gasteiger partial charge in [0.2, 0.25) is 15.7 Å². The van der Waals surface area contributed by atoms with Gasteiger partial charge in [0.1, 0.15) is 5.69 Å². The van der Waals surface area contributed by atoms with Gasteiger partial charge in [-0.15, -0.1) is 0 Å². The van der Waals surface area contributed by atoms with Crippen molar-refractivity contribution in [2.24, 2.45) is 0 Å². The molecule has 0 unspecified atom stereocenters. The maximum absolute atomic E-state index is 12.7. The highest BCUT2D eigenvalue weighted by Gasteiger charge is 2.29. The SMILES string of the molecule is CN(C)C(=O)Cc1ccc(Nc2ccc(S(=O)(=O)C(F)F)cc2[N+](=O)[O-])cc1. The fraction of sp³-hybridized carbons (Fsp3) is 0.235. The molecule has 0 atom stereocenters. The lowest BCUT2D eigenvalue weighted by Gasteiger charge is -2.11. The second kappa shape index (κ2) is 8.30. The molecular formula is C17H17F2N3O5S. The highest BCUT2D eigenvalue weighted by Crippen LogP contribution is 2.31. The number of nitro benzene ring substituents is 1. The number of carbonyl (C=O) groups excluding carboxylic acids is 1. The Morgan fingerprint density at radius 3 is 2.29 bits per heavy atom. The van der Waals surface area contributed by atoms with Crippen LogP contribution in [0.5, 0.6) is 0 Å². The zero-order valence-electron chi connectivity index (χ0n) is 14.9. The van der Waals surface area contributed by atoms with E-state index in [-0.39, 0.29) is 18.0 Å². The number of hydrogen-bond acceptors (Lipinski definition) is 6. The molecule has 8 nitrogen and oxygen atoms in total. The minimum Gasteiger partial charge on any atom is -0.350 e. The summed E-state index contributed by atoms with van der Waals surface area (Å²) >= 11 is 0. The minimum absolute atomic E-state index is 0.0599. The van der Waals surface area contributed by atoms with Crippen LogP contribution in [0.1, 0.15) is 5.56 Å². The Morgan fingerprint density at radius 1 is 1.18 bits per heavy atom. The molecule has 0 saturated heterocycles. The molecular weight excluding hydrogens is 396 g/mol. The Morgan fingerprint density at radius 2 is 1.79 bits per heavy atom. The molecule has 11 heteroatoms. The topological polar surface area (TPSA) is 110 Å². The van der Waals surface area contributed by atoms with E-state index in [0.717, 1.165) is 17.7 Å². The Bertz CT molecular complexity index is 992. The molecule has 0 bridgehead atoms. The van der Waals surface area contributed by atoms with E-state index in [1.54, 1.807) is 38.4 Å². The molecule has 0 spiro atoms. The number of nitro groups is 1. The lowest BCUT2D eigenvalue weighted by Crippen LogP contribution is -2.23. The highest BCUT2D eigenvalue weighted by atomic mass is 32.2. The number of sulfone groups is 1. The fourth-order valence-electron chi connectivity index (χ4n) is 2.24. The molecule has 2 aromatic carbocycles. The Hall–Kier alpha value is -3.08. The van der Waals surface area contributed by atoms with Crippen LogP contribution in [0.4, 0.5) is 25.8 Å². The molecule has 28 heavy (non-hydrogen) atoms. The number of benzene rings is 2. The first-order valence-corrected chi connectivity index (χ1v) is 9.43. The van der Waals surface area contributed by atoms with Crippen LogP contribution in [-0.4, -0.2) is 44.0 Å². The predicted octanol–water partition coefficient (Wildman–Crippen LogP) is 2.97. The van der Waals surface area contributed by atoms with Crippen molar-refractivity contribution < 1.29 is 26.9 Å². The van der Waals surface area contributed by atoms with Crippen molar-refractivity contribution in [1.29, 1.82) is 0 Å². The summed E-state index contributed by atoms with van der Waals surface area (Å²) in [6.07, 6.45) is 0.188. The molecule has 0 aliphatic rings. The zero-order valence-corrected chi connectivity index (χ0v) is 15.7. The first-order chi connectivity index (χ1) is 13.0. The Balaban J connectivity index is 2.28. The quantitative estimate of drug-likeness (QED) is 0.552. The van der Waals surface area contributed by atoms with Crippen molar-refractivity contribution >= 4 is 32.8 Å². The van der Waals surface area contributed by atoms with Gasteiger partial charge in [-0.05, 0) is 29.8 Å². The van der Waals surface area contributed by atoms with Crippen LogP contribution in [0.2, 0.25) is 0 Å². The van der Waals surface area contributed by atoms with Crippen LogP contribution in [0, 0.1) is 10.1 Å². The average Bonchev–Trinajstić information content (AvgIpc) is 2.63. The summed E-state index contributed by atoms with van der Waals surface area (Å²) in [6.45, 7) is 0. The van der Waals surface area contributed by atoms with Gasteiger partial charge in [0.25, 0.3) is 5.69 Å². The summed E-state index contributed by atoms with van der Waals surface area (Å²) in [5, 5.41) is 14.0. The van der Waals surface area contributed by atoms with Gasteiger partial charge in [-0.1, -0.05) is 12.1 Å². The number of likely N-dealkylation sites (N-methyl/N-ethyl adjacent to an activating group) is 1. The van der Waals surface area contributed by atoms with Crippen LogP contribution in [0.25, 0.3) is 0 Å². The second-order valence-corrected chi connectivity index (χ2v) is 7.95. The summed E-state index contributed by atoms with van der Waals surface area (Å²) in [4.78, 5) is 22.7. The molecule has 0 heterocycles. The van der Waals surface area contributed by atoms with E-state index in [9.17, 15) is 32.1 Å². The number of alkyl halides is 2. The Labute approximate surface area is 159 Å². The molecule has 1 N–H and O–H groups in total. The number of carbonyl (C=O) groups is 1. The van der Waals surface area contributed by atoms with E-state index in [0.29, 0.717) is 11.8 Å². The number of anilines is 2. The molecule has 2 rings (SSSR count). The third kappa shape index (κ3) is 4.80. The molecule has 0 saturated carbocycles. The van der Waals surface area contributed by atoms with Gasteiger partial charge in [0.05, 0.1) is 16.2 Å². The van der Waals surface area contributed by atoms with Crippen molar-refractivity contribution in [2.75, 3.05) is 19.4 Å². The van der Waals surface area contributed by atoms with Crippen LogP contribution < -0.4 is 5.32 Å². The average molecular weight is 413 g/mol. The molecule has 0 fully saturated rings. The first-order valence-electron chi connectivity index (χ1n) is 7.89. The summed E-state index contributed by atoms with van der Waals surface area (Å²) < 4.78 is 48.4. The van der Waals surface area contributed by atoms with Crippen molar-refractivity contribution in [3.63, 3.8) is 0 Å². The van der Waals surface area contributed by atoms with Gasteiger partial charge in [-0.25, -0.2) is 8.42 Å². The van der Waals surface area contributed by atoms with Crippen molar-refractivity contribution in [1.82, 2.24) is 4.90 Å². The second-order valence-electron chi connectivity index (χ2n) is 6.03. The number of amides is 1. The van der Waals surface area contributed by atoms with E-state index in [1.807, 2.05) is 0 Å². The first kappa shape index (κ1) is 21.2. The minimum atomic E-state index is -4.95. The predicted molar refractivity (Wildman–Crippen MR) is 98.4 cm³/mol. The van der Waals surface area contributed by atoms with E-state index in [1.165, 1.54) is 4.90 Å². The smallest absolute Gasteiger partial charge is 0.341 e. The van der Waals surface area contributed by atoms with Crippen molar-refractivity contribution in [3.8, 4) is 0 Å². The highest BCUT2D eigenvalue weighted by molar-refractivity contribution is 7.91. The van der Waals surface area contributed by atoms with Crippen LogP contribution >= 0.6 is 0 Å². The maximum Gasteiger partial charge on any atom is 0.341 e. The standard InChI is InChI=1S/C17H17F2N3O5S/c1-21(2)16(23)9-11-3-5-12(6-4-11)20-14-8-7-13(10-15(14)22(24)25)28(26,27)17(18)19/h3-8,10,17,20H,9H2,1-2H3. The number of nitrogens with zero attached hydrogens (tertiary/aromatic N) is 2. The fourth-order valence-corrected chi connectivity index (χ4v) is 2.98. The molecule has 0 aliphatic carbocycles. The van der Waals surface area contributed by atoms with Gasteiger partial charge in [0, 0.05) is 25.8 Å². The van der Waals surface area contributed by atoms with Gasteiger partial charge in [-0.3, -0.25) is 14.9 Å². The summed E-state index contributed by atoms with van der Waals surface area (Å²) in [6, 6.07) is 9.01. The molecule has 2 aromatic rings. The lowest BCUT2D eigenvalue weighted by molar-refractivity contribution is -0.384. The number of hydrogen-bond donors (Lipinski definition) is 1. The third-order valence-electron chi connectivity index (χ3n) is 3.82. The number of halogens is 2. The summed E-state index contributed by atoms with van der Waals surface area (Å²) in [5.41, 5.74) is 0.453. The Kier molecular flexibility index (Phi) is 6.29. The van der Waals surface area contributed by atoms with Gasteiger partial charge >= 0.3 is 5.76 Å². The van der Waals surface area contributed by atoms with Crippen molar-refractivity contribution in [2.45, 2.75) is 17.1 Å². The van der Waals surface area contributed by atoms with Gasteiger partial charge in [-0.2, -0.15) is 8.78 Å². The maximum atomic E-state index is 12.7. The molecule has 0 aromatic heterocycles. The zero-order chi connectivity index (χ0) is 21.1. The third-order valence-corrected chi connectivity index (χ3v) is 5.20. The molecule has 0 aliphatic heterocycles. The largest absolute Gasteiger partial charge is 0.350 e. The van der Waals surface area contributed by atoms with Gasteiger partial charge < -0.3 is 10.2 Å². The number of nitrogens with one attached hydrogen (secondary N) is 1. The molecule has 150 valence electrons. The van der Waals surface area contributed by atoms with E-state index < -0.39 is 31.1 Å². The van der Waals surface area contributed by atoms with E-state index >= 15 is 0 Å². The van der Waals surface area contributed by atoms with E-state index in [4.69, 9.17) is 0 Å². The molecule has 0 radical (unpaired) electrons. The van der Waals surface area contributed by atoms with Crippen LogP contribution in [0.3, 0.4) is 0 Å². The molecule has 1 amide bonds. The normalized spacial score (nSPS) is 11.3. The lowest BCUT2D eigenvalue weighted by atomic mass is 10.1. The monoisotopic (exact) mass is 413 g/mol. The summed E-state index contributed by atoms with van der Waals surface area (Å²) in [7, 11) is -1.68. The summed E-state index contributed by atoms with van der Waals surface area (Å²) in [5.74, 6) is -3.77. The van der Waals surface area contributed by atoms with Gasteiger partial charge in [0.15, 0.2) is 0 Å². The number of rotatable bonds is 7. The van der Waals surface area contributed by atoms with Crippen LogP contribution in [0.15, 0.2) is 47.4 Å². The van der Waals surface area contributed by atoms with E-state index in [2.05, 4.69) is 5.32 Å².